The highest BCUT2D eigenvalue weighted by molar-refractivity contribution is 6.30. The molecule has 1 aromatic rings. The van der Waals surface area contributed by atoms with Gasteiger partial charge in [-0.2, -0.15) is 0 Å². The topological polar surface area (TPSA) is 73.4 Å². The number of nitrogens with one attached hydrogen (secondary N) is 3. The van der Waals surface area contributed by atoms with Gasteiger partial charge in [0.2, 0.25) is 0 Å². The minimum absolute atomic E-state index is 0. The fourth-order valence-electron chi connectivity index (χ4n) is 1.87. The SMILES string of the molecule is Cl.O=C(NCC1(O)CCNC1)Nc1cccc(Cl)c1. The van der Waals surface area contributed by atoms with E-state index in [0.29, 0.717) is 23.7 Å². The molecule has 0 radical (unpaired) electrons. The number of β-amino-alcohol motifs (C(OH)–C–C–N with tert-alkyl or cyclic N) is 1. The number of rotatable bonds is 3. The third kappa shape index (κ3) is 4.87. The third-order valence-electron chi connectivity index (χ3n) is 2.88. The summed E-state index contributed by atoms with van der Waals surface area (Å²) in [5.74, 6) is 0. The van der Waals surface area contributed by atoms with Crippen LogP contribution in [0.2, 0.25) is 5.02 Å². The molecule has 2 amide bonds. The molecule has 1 heterocycles. The number of amides is 2. The standard InChI is InChI=1S/C12H16ClN3O2.ClH/c13-9-2-1-3-10(6-9)16-11(17)15-8-12(18)4-5-14-7-12;/h1-3,6,14,18H,4-5,7-8H2,(H2,15,16,17);1H. The molecule has 0 aliphatic carbocycles. The van der Waals surface area contributed by atoms with Crippen LogP contribution in [0.4, 0.5) is 10.5 Å². The summed E-state index contributed by atoms with van der Waals surface area (Å²) < 4.78 is 0. The van der Waals surface area contributed by atoms with Crippen molar-refractivity contribution in [3.8, 4) is 0 Å². The zero-order chi connectivity index (χ0) is 13.0. The van der Waals surface area contributed by atoms with Gasteiger partial charge in [0.1, 0.15) is 0 Å². The summed E-state index contributed by atoms with van der Waals surface area (Å²) in [5.41, 5.74) is -0.220. The van der Waals surface area contributed by atoms with Gasteiger partial charge in [-0.05, 0) is 31.2 Å². The maximum atomic E-state index is 11.6. The first-order valence-electron chi connectivity index (χ1n) is 5.81. The van der Waals surface area contributed by atoms with E-state index < -0.39 is 5.60 Å². The van der Waals surface area contributed by atoms with Gasteiger partial charge < -0.3 is 21.1 Å². The van der Waals surface area contributed by atoms with Crippen LogP contribution in [-0.4, -0.2) is 36.4 Å². The summed E-state index contributed by atoms with van der Waals surface area (Å²) in [4.78, 5) is 11.6. The van der Waals surface area contributed by atoms with Gasteiger partial charge in [-0.1, -0.05) is 17.7 Å². The summed E-state index contributed by atoms with van der Waals surface area (Å²) >= 11 is 5.81. The van der Waals surface area contributed by atoms with E-state index in [1.807, 2.05) is 0 Å². The van der Waals surface area contributed by atoms with Crippen LogP contribution in [0.3, 0.4) is 0 Å². The zero-order valence-corrected chi connectivity index (χ0v) is 11.9. The lowest BCUT2D eigenvalue weighted by Crippen LogP contribution is -2.45. The smallest absolute Gasteiger partial charge is 0.319 e. The second-order valence-electron chi connectivity index (χ2n) is 4.47. The number of carbonyl (C=O) groups excluding carboxylic acids is 1. The van der Waals surface area contributed by atoms with Gasteiger partial charge in [0.25, 0.3) is 0 Å². The Hall–Kier alpha value is -1.01. The predicted molar refractivity (Wildman–Crippen MR) is 78.2 cm³/mol. The first-order chi connectivity index (χ1) is 8.57. The van der Waals surface area contributed by atoms with Crippen LogP contribution < -0.4 is 16.0 Å². The zero-order valence-electron chi connectivity index (χ0n) is 10.3. The van der Waals surface area contributed by atoms with Gasteiger partial charge in [0.15, 0.2) is 0 Å². The molecule has 1 saturated heterocycles. The molecule has 106 valence electrons. The van der Waals surface area contributed by atoms with Crippen LogP contribution in [0, 0.1) is 0 Å². The van der Waals surface area contributed by atoms with Gasteiger partial charge in [-0.3, -0.25) is 0 Å². The first-order valence-corrected chi connectivity index (χ1v) is 6.19. The van der Waals surface area contributed by atoms with Gasteiger partial charge in [0.05, 0.1) is 5.60 Å². The molecule has 19 heavy (non-hydrogen) atoms. The molecule has 1 aliphatic rings. The highest BCUT2D eigenvalue weighted by Gasteiger charge is 2.31. The Bertz CT molecular complexity index is 437. The fraction of sp³-hybridized carbons (Fsp3) is 0.417. The Balaban J connectivity index is 0.00000180. The summed E-state index contributed by atoms with van der Waals surface area (Å²) in [5, 5.41) is 18.9. The van der Waals surface area contributed by atoms with Crippen molar-refractivity contribution >= 4 is 35.7 Å². The van der Waals surface area contributed by atoms with Crippen molar-refractivity contribution in [3.63, 3.8) is 0 Å². The van der Waals surface area contributed by atoms with E-state index in [4.69, 9.17) is 11.6 Å². The predicted octanol–water partition coefficient (Wildman–Crippen LogP) is 1.61. The maximum Gasteiger partial charge on any atom is 0.319 e. The lowest BCUT2D eigenvalue weighted by atomic mass is 10.0. The highest BCUT2D eigenvalue weighted by Crippen LogP contribution is 2.15. The van der Waals surface area contributed by atoms with Crippen LogP contribution >= 0.6 is 24.0 Å². The van der Waals surface area contributed by atoms with Gasteiger partial charge in [0, 0.05) is 23.8 Å². The molecule has 0 saturated carbocycles. The van der Waals surface area contributed by atoms with E-state index in [1.165, 1.54) is 0 Å². The van der Waals surface area contributed by atoms with Gasteiger partial charge in [-0.15, -0.1) is 12.4 Å². The normalized spacial score (nSPS) is 21.6. The molecular formula is C12H17Cl2N3O2. The van der Waals surface area contributed by atoms with Crippen molar-refractivity contribution in [2.45, 2.75) is 12.0 Å². The minimum Gasteiger partial charge on any atom is -0.387 e. The van der Waals surface area contributed by atoms with Crippen LogP contribution in [0.15, 0.2) is 24.3 Å². The van der Waals surface area contributed by atoms with E-state index in [2.05, 4.69) is 16.0 Å². The lowest BCUT2D eigenvalue weighted by molar-refractivity contribution is 0.0640. The van der Waals surface area contributed by atoms with E-state index in [9.17, 15) is 9.90 Å². The molecule has 1 aliphatic heterocycles. The minimum atomic E-state index is -0.842. The Labute approximate surface area is 123 Å². The molecule has 0 spiro atoms. The number of halogens is 2. The van der Waals surface area contributed by atoms with E-state index >= 15 is 0 Å². The van der Waals surface area contributed by atoms with E-state index in [-0.39, 0.29) is 25.0 Å². The first kappa shape index (κ1) is 16.0. The quantitative estimate of drug-likeness (QED) is 0.685. The molecule has 1 atom stereocenters. The molecule has 1 fully saturated rings. The Kier molecular flexibility index (Phi) is 5.87. The number of carbonyl (C=O) groups is 1. The van der Waals surface area contributed by atoms with Crippen LogP contribution in [-0.2, 0) is 0 Å². The molecular weight excluding hydrogens is 289 g/mol. The van der Waals surface area contributed by atoms with Crippen molar-refractivity contribution in [1.29, 1.82) is 0 Å². The number of anilines is 1. The summed E-state index contributed by atoms with van der Waals surface area (Å²) in [6.45, 7) is 1.50. The average Bonchev–Trinajstić information content (AvgIpc) is 2.74. The summed E-state index contributed by atoms with van der Waals surface area (Å²) in [6.07, 6.45) is 0.643. The van der Waals surface area contributed by atoms with Crippen molar-refractivity contribution in [2.75, 3.05) is 25.0 Å². The highest BCUT2D eigenvalue weighted by atomic mass is 35.5. The number of benzene rings is 1. The average molecular weight is 306 g/mol. The number of aliphatic hydroxyl groups is 1. The molecule has 4 N–H and O–H groups in total. The number of urea groups is 1. The number of hydrogen-bond donors (Lipinski definition) is 4. The lowest BCUT2D eigenvalue weighted by Gasteiger charge is -2.21. The second-order valence-corrected chi connectivity index (χ2v) is 4.91. The molecule has 7 heteroatoms. The van der Waals surface area contributed by atoms with Crippen molar-refractivity contribution in [1.82, 2.24) is 10.6 Å². The van der Waals surface area contributed by atoms with E-state index in [1.54, 1.807) is 24.3 Å². The molecule has 0 aromatic heterocycles. The van der Waals surface area contributed by atoms with Crippen LogP contribution in [0.25, 0.3) is 0 Å². The molecule has 1 aromatic carbocycles. The second kappa shape index (κ2) is 6.96. The molecule has 0 bridgehead atoms. The van der Waals surface area contributed by atoms with Gasteiger partial charge in [-0.25, -0.2) is 4.79 Å². The van der Waals surface area contributed by atoms with Crippen molar-refractivity contribution in [3.05, 3.63) is 29.3 Å². The van der Waals surface area contributed by atoms with Crippen LogP contribution in [0.5, 0.6) is 0 Å². The molecule has 1 unspecified atom stereocenters. The summed E-state index contributed by atoms with van der Waals surface area (Å²) in [6, 6.07) is 6.55. The van der Waals surface area contributed by atoms with E-state index in [0.717, 1.165) is 6.54 Å². The molecule has 2 rings (SSSR count). The maximum absolute atomic E-state index is 11.6. The molecule has 5 nitrogen and oxygen atoms in total. The number of hydrogen-bond acceptors (Lipinski definition) is 3. The Morgan fingerprint density at radius 2 is 2.32 bits per heavy atom. The monoisotopic (exact) mass is 305 g/mol. The fourth-order valence-corrected chi connectivity index (χ4v) is 2.06. The Morgan fingerprint density at radius 1 is 1.53 bits per heavy atom. The largest absolute Gasteiger partial charge is 0.387 e. The van der Waals surface area contributed by atoms with Crippen molar-refractivity contribution in [2.24, 2.45) is 0 Å². The van der Waals surface area contributed by atoms with Gasteiger partial charge >= 0.3 is 6.03 Å². The Morgan fingerprint density at radius 3 is 2.95 bits per heavy atom. The van der Waals surface area contributed by atoms with Crippen LogP contribution in [0.1, 0.15) is 6.42 Å². The third-order valence-corrected chi connectivity index (χ3v) is 3.12. The van der Waals surface area contributed by atoms with Crippen molar-refractivity contribution < 1.29 is 9.90 Å². The summed E-state index contributed by atoms with van der Waals surface area (Å²) in [7, 11) is 0.